The van der Waals surface area contributed by atoms with Crippen LogP contribution in [0.1, 0.15) is 31.7 Å². The number of amides is 1. The number of carbonyl (C=O) groups excluding carboxylic acids is 1. The molecule has 0 radical (unpaired) electrons. The number of carbonyl (C=O) groups is 1. The van der Waals surface area contributed by atoms with E-state index < -0.39 is 0 Å². The van der Waals surface area contributed by atoms with Gasteiger partial charge in [0.1, 0.15) is 0 Å². The summed E-state index contributed by atoms with van der Waals surface area (Å²) in [7, 11) is 0. The maximum absolute atomic E-state index is 12.1. The largest absolute Gasteiger partial charge is 0.326 e. The van der Waals surface area contributed by atoms with Crippen molar-refractivity contribution >= 4 is 11.6 Å². The molecule has 1 fully saturated rings. The molecule has 3 heteroatoms. The molecule has 3 nitrogen and oxygen atoms in total. The van der Waals surface area contributed by atoms with Crippen molar-refractivity contribution in [3.05, 3.63) is 29.8 Å². The summed E-state index contributed by atoms with van der Waals surface area (Å²) in [6, 6.07) is 7.92. The molecule has 0 aromatic heterocycles. The van der Waals surface area contributed by atoms with Crippen LogP contribution in [0, 0.1) is 18.8 Å². The summed E-state index contributed by atoms with van der Waals surface area (Å²) in [5, 5.41) is 6.44. The highest BCUT2D eigenvalue weighted by atomic mass is 16.1. The second kappa shape index (κ2) is 6.71. The molecule has 1 heterocycles. The van der Waals surface area contributed by atoms with Crippen LogP contribution in [0.5, 0.6) is 0 Å². The first-order valence-corrected chi connectivity index (χ1v) is 7.23. The Morgan fingerprint density at radius 1 is 1.47 bits per heavy atom. The minimum absolute atomic E-state index is 0.132. The van der Waals surface area contributed by atoms with Gasteiger partial charge in [-0.1, -0.05) is 25.1 Å². The van der Waals surface area contributed by atoms with E-state index >= 15 is 0 Å². The van der Waals surface area contributed by atoms with Gasteiger partial charge in [0.25, 0.3) is 0 Å². The third-order valence-electron chi connectivity index (χ3n) is 4.07. The normalized spacial score (nSPS) is 20.8. The van der Waals surface area contributed by atoms with Crippen molar-refractivity contribution in [3.8, 4) is 0 Å². The highest BCUT2D eigenvalue weighted by Gasteiger charge is 2.22. The topological polar surface area (TPSA) is 41.1 Å². The second-order valence-corrected chi connectivity index (χ2v) is 5.65. The van der Waals surface area contributed by atoms with Crippen molar-refractivity contribution in [3.63, 3.8) is 0 Å². The number of anilines is 1. The Balaban J connectivity index is 1.85. The maximum atomic E-state index is 12.1. The zero-order valence-corrected chi connectivity index (χ0v) is 11.9. The summed E-state index contributed by atoms with van der Waals surface area (Å²) >= 11 is 0. The van der Waals surface area contributed by atoms with E-state index in [9.17, 15) is 4.79 Å². The first kappa shape index (κ1) is 14.1. The summed E-state index contributed by atoms with van der Waals surface area (Å²) in [4.78, 5) is 12.1. The first-order chi connectivity index (χ1) is 9.16. The van der Waals surface area contributed by atoms with Gasteiger partial charge in [-0.25, -0.2) is 0 Å². The molecule has 1 saturated heterocycles. The summed E-state index contributed by atoms with van der Waals surface area (Å²) in [5.41, 5.74) is 2.05. The fraction of sp³-hybridized carbons (Fsp3) is 0.562. The Kier molecular flexibility index (Phi) is 4.97. The van der Waals surface area contributed by atoms with Crippen LogP contribution in [-0.2, 0) is 4.79 Å². The SMILES string of the molecule is Cc1ccccc1NC(=O)CC(C)C1CCCNC1. The quantitative estimate of drug-likeness (QED) is 0.874. The summed E-state index contributed by atoms with van der Waals surface area (Å²) in [5.74, 6) is 1.21. The van der Waals surface area contributed by atoms with Crippen molar-refractivity contribution < 1.29 is 4.79 Å². The van der Waals surface area contributed by atoms with Gasteiger partial charge in [-0.2, -0.15) is 0 Å². The Labute approximate surface area is 115 Å². The molecule has 1 aliphatic rings. The van der Waals surface area contributed by atoms with Gasteiger partial charge in [0.05, 0.1) is 0 Å². The van der Waals surface area contributed by atoms with Gasteiger partial charge in [0, 0.05) is 12.1 Å². The highest BCUT2D eigenvalue weighted by Crippen LogP contribution is 2.23. The molecule has 2 rings (SSSR count). The average molecular weight is 260 g/mol. The minimum atomic E-state index is 0.132. The van der Waals surface area contributed by atoms with Crippen LogP contribution in [0.4, 0.5) is 5.69 Å². The zero-order chi connectivity index (χ0) is 13.7. The molecule has 1 aromatic rings. The minimum Gasteiger partial charge on any atom is -0.326 e. The van der Waals surface area contributed by atoms with Crippen LogP contribution in [-0.4, -0.2) is 19.0 Å². The van der Waals surface area contributed by atoms with Gasteiger partial charge in [-0.3, -0.25) is 4.79 Å². The number of nitrogens with one attached hydrogen (secondary N) is 2. The zero-order valence-electron chi connectivity index (χ0n) is 11.9. The molecular formula is C16H24N2O. The third-order valence-corrected chi connectivity index (χ3v) is 4.07. The summed E-state index contributed by atoms with van der Waals surface area (Å²) < 4.78 is 0. The van der Waals surface area contributed by atoms with Crippen molar-refractivity contribution in [2.24, 2.45) is 11.8 Å². The van der Waals surface area contributed by atoms with Crippen molar-refractivity contribution in [2.45, 2.75) is 33.1 Å². The van der Waals surface area contributed by atoms with E-state index in [0.717, 1.165) is 24.3 Å². The molecule has 1 amide bonds. The molecule has 0 aliphatic carbocycles. The van der Waals surface area contributed by atoms with Crippen LogP contribution in [0.3, 0.4) is 0 Å². The molecule has 0 saturated carbocycles. The molecule has 0 bridgehead atoms. The lowest BCUT2D eigenvalue weighted by Gasteiger charge is -2.28. The number of piperidine rings is 1. The molecule has 2 N–H and O–H groups in total. The van der Waals surface area contributed by atoms with Crippen LogP contribution in [0.25, 0.3) is 0 Å². The Morgan fingerprint density at radius 3 is 2.95 bits per heavy atom. The van der Waals surface area contributed by atoms with E-state index in [2.05, 4.69) is 17.6 Å². The Bertz CT molecular complexity index is 425. The third kappa shape index (κ3) is 4.06. The van der Waals surface area contributed by atoms with Gasteiger partial charge < -0.3 is 10.6 Å². The predicted molar refractivity (Wildman–Crippen MR) is 79.2 cm³/mol. The average Bonchev–Trinajstić information content (AvgIpc) is 2.42. The van der Waals surface area contributed by atoms with E-state index in [0.29, 0.717) is 18.3 Å². The number of hydrogen-bond donors (Lipinski definition) is 2. The fourth-order valence-electron chi connectivity index (χ4n) is 2.74. The summed E-state index contributed by atoms with van der Waals surface area (Å²) in [6.07, 6.45) is 3.08. The van der Waals surface area contributed by atoms with Gasteiger partial charge in [-0.15, -0.1) is 0 Å². The number of para-hydroxylation sites is 1. The van der Waals surface area contributed by atoms with E-state index in [4.69, 9.17) is 0 Å². The van der Waals surface area contributed by atoms with Crippen LogP contribution < -0.4 is 10.6 Å². The van der Waals surface area contributed by atoms with Crippen molar-refractivity contribution in [1.29, 1.82) is 0 Å². The molecule has 0 spiro atoms. The van der Waals surface area contributed by atoms with E-state index in [1.807, 2.05) is 31.2 Å². The lowest BCUT2D eigenvalue weighted by Crippen LogP contribution is -2.34. The van der Waals surface area contributed by atoms with E-state index in [1.165, 1.54) is 12.8 Å². The molecule has 2 atom stereocenters. The maximum Gasteiger partial charge on any atom is 0.224 e. The molecular weight excluding hydrogens is 236 g/mol. The molecule has 1 aromatic carbocycles. The van der Waals surface area contributed by atoms with Crippen LogP contribution in [0.2, 0.25) is 0 Å². The van der Waals surface area contributed by atoms with Gasteiger partial charge in [-0.05, 0) is 56.3 Å². The van der Waals surface area contributed by atoms with Crippen LogP contribution in [0.15, 0.2) is 24.3 Å². The summed E-state index contributed by atoms with van der Waals surface area (Å²) in [6.45, 7) is 6.39. The number of benzene rings is 1. The second-order valence-electron chi connectivity index (χ2n) is 5.65. The number of rotatable bonds is 4. The first-order valence-electron chi connectivity index (χ1n) is 7.23. The van der Waals surface area contributed by atoms with Crippen molar-refractivity contribution in [1.82, 2.24) is 5.32 Å². The Hall–Kier alpha value is -1.35. The molecule has 104 valence electrons. The van der Waals surface area contributed by atoms with Crippen molar-refractivity contribution in [2.75, 3.05) is 18.4 Å². The molecule has 1 aliphatic heterocycles. The molecule has 2 unspecified atom stereocenters. The fourth-order valence-corrected chi connectivity index (χ4v) is 2.74. The molecule has 19 heavy (non-hydrogen) atoms. The van der Waals surface area contributed by atoms with Gasteiger partial charge >= 0.3 is 0 Å². The monoisotopic (exact) mass is 260 g/mol. The standard InChI is InChI=1S/C16H24N2O/c1-12-6-3-4-8-15(12)18-16(19)10-13(2)14-7-5-9-17-11-14/h3-4,6,8,13-14,17H,5,7,9-11H2,1-2H3,(H,18,19). The predicted octanol–water partition coefficient (Wildman–Crippen LogP) is 2.96. The lowest BCUT2D eigenvalue weighted by molar-refractivity contribution is -0.117. The van der Waals surface area contributed by atoms with E-state index in [-0.39, 0.29) is 5.91 Å². The lowest BCUT2D eigenvalue weighted by atomic mass is 9.85. The van der Waals surface area contributed by atoms with Gasteiger partial charge in [0.2, 0.25) is 5.91 Å². The number of aryl methyl sites for hydroxylation is 1. The van der Waals surface area contributed by atoms with Gasteiger partial charge in [0.15, 0.2) is 0 Å². The van der Waals surface area contributed by atoms with E-state index in [1.54, 1.807) is 0 Å². The highest BCUT2D eigenvalue weighted by molar-refractivity contribution is 5.91. The van der Waals surface area contributed by atoms with Crippen LogP contribution >= 0.6 is 0 Å². The smallest absolute Gasteiger partial charge is 0.224 e. The number of hydrogen-bond acceptors (Lipinski definition) is 2. The Morgan fingerprint density at radius 2 is 2.26 bits per heavy atom.